The Balaban J connectivity index is 1.60. The molecule has 1 saturated heterocycles. The molecular weight excluding hydrogens is 456 g/mol. The minimum Gasteiger partial charge on any atom is -0.504 e. The molecule has 2 heterocycles. The monoisotopic (exact) mass is 479 g/mol. The van der Waals surface area contributed by atoms with Crippen molar-refractivity contribution >= 4 is 11.7 Å². The minimum absolute atomic E-state index is 0.0596. The number of carbonyl (C=O) groups is 1. The average Bonchev–Trinajstić information content (AvgIpc) is 3.29. The summed E-state index contributed by atoms with van der Waals surface area (Å²) in [6.45, 7) is 5.96. The van der Waals surface area contributed by atoms with Gasteiger partial charge in [-0.3, -0.25) is 14.4 Å². The van der Waals surface area contributed by atoms with E-state index in [2.05, 4.69) is 22.0 Å². The molecular formula is C25H23F2N5O3. The quantitative estimate of drug-likeness (QED) is 0.541. The number of phenolic OH excluding ortho intramolecular Hbond substituents is 1. The topological polar surface area (TPSA) is 92.0 Å². The van der Waals surface area contributed by atoms with Crippen LogP contribution in [0.2, 0.25) is 0 Å². The Morgan fingerprint density at radius 1 is 1.20 bits per heavy atom. The lowest BCUT2D eigenvalue weighted by Gasteiger charge is -2.31. The van der Waals surface area contributed by atoms with Gasteiger partial charge < -0.3 is 15.2 Å². The Labute approximate surface area is 200 Å². The number of carbonyl (C=O) groups excluding carboxylic acids is 1. The molecule has 1 aliphatic rings. The molecule has 1 amide bonds. The molecule has 35 heavy (non-hydrogen) atoms. The Morgan fingerprint density at radius 2 is 1.91 bits per heavy atom. The maximum atomic E-state index is 14.3. The lowest BCUT2D eigenvalue weighted by Crippen LogP contribution is -2.49. The van der Waals surface area contributed by atoms with Crippen molar-refractivity contribution in [1.82, 2.24) is 20.0 Å². The number of hydrogen-bond acceptors (Lipinski definition) is 6. The number of allylic oxidation sites excluding steroid dienone is 1. The smallest absolute Gasteiger partial charge is 0.266 e. The summed E-state index contributed by atoms with van der Waals surface area (Å²) in [4.78, 5) is 18.6. The number of aromatic nitrogens is 2. The van der Waals surface area contributed by atoms with Crippen molar-refractivity contribution in [3.05, 3.63) is 90.2 Å². The summed E-state index contributed by atoms with van der Waals surface area (Å²) in [5.41, 5.74) is 1.42. The number of aromatic hydroxyl groups is 1. The van der Waals surface area contributed by atoms with Crippen LogP contribution in [0.25, 0.3) is 11.1 Å². The van der Waals surface area contributed by atoms with Crippen molar-refractivity contribution < 1.29 is 23.4 Å². The normalized spacial score (nSPS) is 15.3. The summed E-state index contributed by atoms with van der Waals surface area (Å²) in [5.74, 6) is -3.45. The molecule has 0 spiro atoms. The molecule has 4 rings (SSSR count). The van der Waals surface area contributed by atoms with E-state index in [0.29, 0.717) is 12.3 Å². The van der Waals surface area contributed by atoms with Crippen LogP contribution in [0.15, 0.2) is 78.0 Å². The van der Waals surface area contributed by atoms with E-state index in [0.717, 1.165) is 28.2 Å². The zero-order valence-electron chi connectivity index (χ0n) is 19.1. The van der Waals surface area contributed by atoms with Gasteiger partial charge in [0.2, 0.25) is 5.88 Å². The average molecular weight is 479 g/mol. The zero-order valence-corrected chi connectivity index (χ0v) is 19.1. The van der Waals surface area contributed by atoms with Crippen LogP contribution in [0.3, 0.4) is 0 Å². The summed E-state index contributed by atoms with van der Waals surface area (Å²) < 4.78 is 35.7. The fourth-order valence-electron chi connectivity index (χ4n) is 3.53. The molecule has 0 bridgehead atoms. The Kier molecular flexibility index (Phi) is 6.63. The molecule has 0 saturated carbocycles. The number of nitrogens with one attached hydrogen (secondary N) is 1. The first-order valence-corrected chi connectivity index (χ1v) is 10.7. The number of piperazine rings is 1. The van der Waals surface area contributed by atoms with Crippen LogP contribution in [0, 0.1) is 11.6 Å². The van der Waals surface area contributed by atoms with E-state index in [-0.39, 0.29) is 24.0 Å². The predicted molar refractivity (Wildman–Crippen MR) is 127 cm³/mol. The first kappa shape index (κ1) is 23.7. The number of amidine groups is 1. The van der Waals surface area contributed by atoms with Crippen molar-refractivity contribution in [3.8, 4) is 22.6 Å². The lowest BCUT2D eigenvalue weighted by atomic mass is 10.1. The van der Waals surface area contributed by atoms with E-state index in [1.54, 1.807) is 36.0 Å². The van der Waals surface area contributed by atoms with Crippen LogP contribution in [0.4, 0.5) is 8.78 Å². The van der Waals surface area contributed by atoms with Crippen LogP contribution < -0.4 is 10.1 Å². The van der Waals surface area contributed by atoms with Crippen molar-refractivity contribution in [1.29, 1.82) is 0 Å². The zero-order chi connectivity index (χ0) is 25.1. The Morgan fingerprint density at radius 3 is 2.57 bits per heavy atom. The summed E-state index contributed by atoms with van der Waals surface area (Å²) in [5, 5.41) is 17.1. The van der Waals surface area contributed by atoms with Crippen molar-refractivity contribution in [2.45, 2.75) is 6.92 Å². The Hall–Kier alpha value is -4.47. The number of aliphatic imine (C=N–C) groups is 1. The van der Waals surface area contributed by atoms with E-state index >= 15 is 0 Å². The van der Waals surface area contributed by atoms with Crippen LogP contribution in [0.1, 0.15) is 17.3 Å². The lowest BCUT2D eigenvalue weighted by molar-refractivity contribution is 0.0834. The number of hydrogen-bond donors (Lipinski definition) is 2. The van der Waals surface area contributed by atoms with E-state index in [4.69, 9.17) is 4.74 Å². The van der Waals surface area contributed by atoms with Crippen molar-refractivity contribution in [2.24, 2.45) is 12.0 Å². The van der Waals surface area contributed by atoms with Gasteiger partial charge in [0.25, 0.3) is 5.91 Å². The predicted octanol–water partition coefficient (Wildman–Crippen LogP) is 3.97. The molecule has 3 aromatic rings. The molecule has 0 atom stereocenters. The van der Waals surface area contributed by atoms with Gasteiger partial charge >= 0.3 is 0 Å². The van der Waals surface area contributed by atoms with Crippen LogP contribution in [0.5, 0.6) is 11.5 Å². The van der Waals surface area contributed by atoms with Gasteiger partial charge in [-0.2, -0.15) is 10.1 Å². The number of ether oxygens (including phenoxy) is 1. The van der Waals surface area contributed by atoms with Gasteiger partial charge in [-0.1, -0.05) is 18.7 Å². The standard InChI is InChI=1S/C25H23F2N5O3/c1-4-21(35-18-7-5-16(6-8-18)17-13-29-31(3)14-17)30-24-15(2)28-11-12-32(24)25(34)22-19(26)9-10-20(27)23(22)33/h4-10,13-14,28,33H,2,11-12H2,1,3H3/b21-4+,30-24+. The summed E-state index contributed by atoms with van der Waals surface area (Å²) >= 11 is 0. The highest BCUT2D eigenvalue weighted by molar-refractivity contribution is 6.13. The largest absolute Gasteiger partial charge is 0.504 e. The molecule has 2 aromatic carbocycles. The molecule has 1 aromatic heterocycles. The number of aryl methyl sites for hydroxylation is 1. The van der Waals surface area contributed by atoms with Gasteiger partial charge in [-0.15, -0.1) is 0 Å². The van der Waals surface area contributed by atoms with E-state index in [9.17, 15) is 18.7 Å². The molecule has 0 unspecified atom stereocenters. The van der Waals surface area contributed by atoms with Gasteiger partial charge in [-0.25, -0.2) is 8.78 Å². The van der Waals surface area contributed by atoms with Crippen LogP contribution in [-0.2, 0) is 7.05 Å². The summed E-state index contributed by atoms with van der Waals surface area (Å²) in [7, 11) is 1.84. The maximum absolute atomic E-state index is 14.3. The van der Waals surface area contributed by atoms with Crippen molar-refractivity contribution in [2.75, 3.05) is 13.1 Å². The third kappa shape index (κ3) is 4.91. The third-order valence-electron chi connectivity index (χ3n) is 5.31. The molecule has 8 nitrogen and oxygen atoms in total. The molecule has 1 fully saturated rings. The highest BCUT2D eigenvalue weighted by atomic mass is 19.1. The molecule has 0 aliphatic carbocycles. The minimum atomic E-state index is -1.10. The van der Waals surface area contributed by atoms with E-state index in [1.807, 2.05) is 25.4 Å². The molecule has 10 heteroatoms. The molecule has 180 valence electrons. The number of rotatable bonds is 5. The van der Waals surface area contributed by atoms with Gasteiger partial charge in [-0.05, 0) is 42.8 Å². The second kappa shape index (κ2) is 9.80. The van der Waals surface area contributed by atoms with Crippen molar-refractivity contribution in [3.63, 3.8) is 0 Å². The van der Waals surface area contributed by atoms with Crippen LogP contribution >= 0.6 is 0 Å². The van der Waals surface area contributed by atoms with Gasteiger partial charge in [0.15, 0.2) is 17.4 Å². The van der Waals surface area contributed by atoms with E-state index < -0.39 is 28.9 Å². The number of amides is 1. The number of phenols is 1. The fourth-order valence-corrected chi connectivity index (χ4v) is 3.53. The maximum Gasteiger partial charge on any atom is 0.266 e. The van der Waals surface area contributed by atoms with E-state index in [1.165, 1.54) is 0 Å². The first-order valence-electron chi connectivity index (χ1n) is 10.7. The molecule has 0 radical (unpaired) electrons. The molecule has 1 aliphatic heterocycles. The third-order valence-corrected chi connectivity index (χ3v) is 5.31. The second-order valence-corrected chi connectivity index (χ2v) is 7.71. The highest BCUT2D eigenvalue weighted by Gasteiger charge is 2.31. The SMILES string of the molecule is C=C1NCCN(C(=O)c2c(F)ccc(F)c2O)/C1=N/C(=C\C)Oc1ccc(-c2cnn(C)c2)cc1. The van der Waals surface area contributed by atoms with Gasteiger partial charge in [0.05, 0.1) is 11.9 Å². The number of nitrogens with zero attached hydrogens (tertiary/aromatic N) is 4. The molecule has 2 N–H and O–H groups in total. The second-order valence-electron chi connectivity index (χ2n) is 7.71. The number of halogens is 2. The number of benzene rings is 2. The first-order chi connectivity index (χ1) is 16.8. The highest BCUT2D eigenvalue weighted by Crippen LogP contribution is 2.27. The Bertz CT molecular complexity index is 1350. The van der Waals surface area contributed by atoms with Crippen LogP contribution in [-0.4, -0.2) is 44.6 Å². The fraction of sp³-hybridized carbons (Fsp3) is 0.160. The van der Waals surface area contributed by atoms with Gasteiger partial charge in [0, 0.05) is 31.9 Å². The summed E-state index contributed by atoms with van der Waals surface area (Å²) in [6.07, 6.45) is 5.24. The van der Waals surface area contributed by atoms with Gasteiger partial charge in [0.1, 0.15) is 17.1 Å². The summed E-state index contributed by atoms with van der Waals surface area (Å²) in [6, 6.07) is 8.81.